The van der Waals surface area contributed by atoms with Crippen LogP contribution in [0.2, 0.25) is 0 Å². The molecule has 1 fully saturated rings. The molecule has 1 saturated heterocycles. The fraction of sp³-hybridized carbons (Fsp3) is 0.727. The molecule has 0 aromatic heterocycles. The average molecular weight is 260 g/mol. The van der Waals surface area contributed by atoms with E-state index in [1.54, 1.807) is 0 Å². The molecule has 0 bridgehead atoms. The first-order chi connectivity index (χ1) is 7.99. The van der Waals surface area contributed by atoms with Crippen molar-refractivity contribution in [3.05, 3.63) is 12.7 Å². The highest BCUT2D eigenvalue weighted by molar-refractivity contribution is 7.89. The summed E-state index contributed by atoms with van der Waals surface area (Å²) in [6, 6.07) is 0.0635. The van der Waals surface area contributed by atoms with Gasteiger partial charge in [-0.3, -0.25) is 4.79 Å². The Morgan fingerprint density at radius 3 is 2.53 bits per heavy atom. The molecule has 0 aliphatic carbocycles. The maximum Gasteiger partial charge on any atom is 0.243 e. The van der Waals surface area contributed by atoms with E-state index in [1.165, 1.54) is 10.4 Å². The molecule has 1 amide bonds. The number of piperidine rings is 1. The number of hydrogen-bond acceptors (Lipinski definition) is 3. The Morgan fingerprint density at radius 1 is 1.47 bits per heavy atom. The Hall–Kier alpha value is -0.880. The van der Waals surface area contributed by atoms with Gasteiger partial charge in [0, 0.05) is 19.1 Å². The number of nitrogens with one attached hydrogen (secondary N) is 1. The minimum atomic E-state index is -3.09. The summed E-state index contributed by atoms with van der Waals surface area (Å²) in [6.45, 7) is 6.22. The van der Waals surface area contributed by atoms with Crippen LogP contribution >= 0.6 is 0 Å². The van der Waals surface area contributed by atoms with Gasteiger partial charge in [-0.2, -0.15) is 0 Å². The van der Waals surface area contributed by atoms with E-state index >= 15 is 0 Å². The molecule has 1 rings (SSSR count). The fourth-order valence-corrected chi connectivity index (χ4v) is 3.47. The monoisotopic (exact) mass is 260 g/mol. The first-order valence-corrected chi connectivity index (χ1v) is 7.51. The van der Waals surface area contributed by atoms with Gasteiger partial charge in [-0.15, -0.1) is 0 Å². The molecule has 6 heteroatoms. The second kappa shape index (κ2) is 6.16. The van der Waals surface area contributed by atoms with Crippen molar-refractivity contribution in [1.29, 1.82) is 0 Å². The van der Waals surface area contributed by atoms with Gasteiger partial charge in [-0.1, -0.05) is 13.5 Å². The number of carbonyl (C=O) groups excluding carboxylic acids is 1. The summed E-state index contributed by atoms with van der Waals surface area (Å²) in [4.78, 5) is 11.1. The highest BCUT2D eigenvalue weighted by Crippen LogP contribution is 2.15. The molecule has 0 spiro atoms. The van der Waals surface area contributed by atoms with Gasteiger partial charge >= 0.3 is 0 Å². The van der Waals surface area contributed by atoms with Gasteiger partial charge in [-0.05, 0) is 25.3 Å². The second-order valence-electron chi connectivity index (χ2n) is 4.20. The fourth-order valence-electron chi connectivity index (χ4n) is 1.93. The first-order valence-electron chi connectivity index (χ1n) is 5.90. The lowest BCUT2D eigenvalue weighted by atomic mass is 10.1. The van der Waals surface area contributed by atoms with Crippen LogP contribution in [-0.4, -0.2) is 43.5 Å². The maximum absolute atomic E-state index is 11.8. The lowest BCUT2D eigenvalue weighted by molar-refractivity contribution is -0.117. The Balaban J connectivity index is 2.45. The van der Waals surface area contributed by atoms with Crippen LogP contribution in [0.15, 0.2) is 12.7 Å². The van der Waals surface area contributed by atoms with Crippen molar-refractivity contribution >= 4 is 15.9 Å². The van der Waals surface area contributed by atoms with Crippen LogP contribution < -0.4 is 5.32 Å². The van der Waals surface area contributed by atoms with E-state index in [4.69, 9.17) is 0 Å². The molecule has 0 saturated carbocycles. The zero-order valence-corrected chi connectivity index (χ0v) is 11.0. The molecule has 5 nitrogen and oxygen atoms in total. The molecule has 1 heterocycles. The lowest BCUT2D eigenvalue weighted by Gasteiger charge is -2.31. The number of rotatable bonds is 5. The lowest BCUT2D eigenvalue weighted by Crippen LogP contribution is -2.46. The van der Waals surface area contributed by atoms with Gasteiger partial charge in [0.15, 0.2) is 0 Å². The molecular weight excluding hydrogens is 240 g/mol. The molecule has 0 aromatic rings. The van der Waals surface area contributed by atoms with Gasteiger partial charge < -0.3 is 5.32 Å². The van der Waals surface area contributed by atoms with Crippen molar-refractivity contribution in [3.8, 4) is 0 Å². The Bertz CT molecular complexity index is 370. The molecular formula is C11H20N2O3S. The second-order valence-corrected chi connectivity index (χ2v) is 6.29. The summed E-state index contributed by atoms with van der Waals surface area (Å²) in [6.07, 6.45) is 3.21. The number of nitrogens with zero attached hydrogens (tertiary/aromatic N) is 1. The van der Waals surface area contributed by atoms with E-state index in [-0.39, 0.29) is 17.7 Å². The maximum atomic E-state index is 11.8. The third-order valence-corrected chi connectivity index (χ3v) is 4.92. The molecule has 1 N–H and O–H groups in total. The van der Waals surface area contributed by atoms with E-state index < -0.39 is 10.0 Å². The van der Waals surface area contributed by atoms with Crippen LogP contribution in [0.5, 0.6) is 0 Å². The van der Waals surface area contributed by atoms with Gasteiger partial charge in [0.05, 0.1) is 5.75 Å². The average Bonchev–Trinajstić information content (AvgIpc) is 2.29. The van der Waals surface area contributed by atoms with Crippen LogP contribution in [0.4, 0.5) is 0 Å². The largest absolute Gasteiger partial charge is 0.350 e. The molecule has 0 atom stereocenters. The molecule has 0 radical (unpaired) electrons. The highest BCUT2D eigenvalue weighted by Gasteiger charge is 2.27. The number of carbonyl (C=O) groups is 1. The van der Waals surface area contributed by atoms with E-state index in [1.807, 2.05) is 6.92 Å². The zero-order chi connectivity index (χ0) is 12.9. The van der Waals surface area contributed by atoms with E-state index in [2.05, 4.69) is 11.9 Å². The molecule has 1 aliphatic rings. The van der Waals surface area contributed by atoms with Crippen molar-refractivity contribution in [2.45, 2.75) is 32.2 Å². The highest BCUT2D eigenvalue weighted by atomic mass is 32.2. The normalized spacial score (nSPS) is 18.9. The smallest absolute Gasteiger partial charge is 0.243 e. The Morgan fingerprint density at radius 2 is 2.06 bits per heavy atom. The number of amides is 1. The van der Waals surface area contributed by atoms with Gasteiger partial charge in [0.1, 0.15) is 0 Å². The number of hydrogen-bond donors (Lipinski definition) is 1. The summed E-state index contributed by atoms with van der Waals surface area (Å²) in [5.74, 6) is 0.0105. The van der Waals surface area contributed by atoms with E-state index in [0.29, 0.717) is 32.4 Å². The van der Waals surface area contributed by atoms with Gasteiger partial charge in [0.2, 0.25) is 15.9 Å². The third-order valence-electron chi connectivity index (χ3n) is 2.84. The predicted molar refractivity (Wildman–Crippen MR) is 67.0 cm³/mol. The molecule has 98 valence electrons. The van der Waals surface area contributed by atoms with Crippen LogP contribution in [0, 0.1) is 0 Å². The summed E-state index contributed by atoms with van der Waals surface area (Å²) >= 11 is 0. The minimum absolute atomic E-state index is 0.0635. The molecule has 1 aliphatic heterocycles. The molecule has 0 aromatic carbocycles. The van der Waals surface area contributed by atoms with Crippen molar-refractivity contribution in [1.82, 2.24) is 9.62 Å². The van der Waals surface area contributed by atoms with Gasteiger partial charge in [-0.25, -0.2) is 12.7 Å². The van der Waals surface area contributed by atoms with Crippen molar-refractivity contribution < 1.29 is 13.2 Å². The minimum Gasteiger partial charge on any atom is -0.350 e. The van der Waals surface area contributed by atoms with E-state index in [9.17, 15) is 13.2 Å². The van der Waals surface area contributed by atoms with E-state index in [0.717, 1.165) is 0 Å². The number of sulfonamides is 1. The zero-order valence-electron chi connectivity index (χ0n) is 10.2. The van der Waals surface area contributed by atoms with Crippen molar-refractivity contribution in [2.24, 2.45) is 0 Å². The standard InChI is InChI=1S/C11H20N2O3S/c1-3-9-17(15,16)13-7-5-10(6-8-13)12-11(14)4-2/h4,10H,2-3,5-9H2,1H3,(H,12,14). The van der Waals surface area contributed by atoms with Crippen LogP contribution in [0.1, 0.15) is 26.2 Å². The summed E-state index contributed by atoms with van der Waals surface area (Å²) in [5.41, 5.74) is 0. The quantitative estimate of drug-likeness (QED) is 0.732. The van der Waals surface area contributed by atoms with Crippen molar-refractivity contribution in [2.75, 3.05) is 18.8 Å². The molecule has 0 unspecified atom stereocenters. The predicted octanol–water partition coefficient (Wildman–Crippen LogP) is 0.493. The van der Waals surface area contributed by atoms with Crippen LogP contribution in [-0.2, 0) is 14.8 Å². The third kappa shape index (κ3) is 4.12. The molecule has 17 heavy (non-hydrogen) atoms. The SMILES string of the molecule is C=CC(=O)NC1CCN(S(=O)(=O)CCC)CC1. The Kier molecular flexibility index (Phi) is 5.14. The first kappa shape index (κ1) is 14.2. The van der Waals surface area contributed by atoms with Crippen LogP contribution in [0.25, 0.3) is 0 Å². The Labute approximate surface area is 103 Å². The summed E-state index contributed by atoms with van der Waals surface area (Å²) < 4.78 is 25.1. The summed E-state index contributed by atoms with van der Waals surface area (Å²) in [7, 11) is -3.09. The van der Waals surface area contributed by atoms with Crippen LogP contribution in [0.3, 0.4) is 0 Å². The summed E-state index contributed by atoms with van der Waals surface area (Å²) in [5, 5.41) is 2.79. The topological polar surface area (TPSA) is 66.5 Å². The van der Waals surface area contributed by atoms with Gasteiger partial charge in [0.25, 0.3) is 0 Å². The van der Waals surface area contributed by atoms with Crippen molar-refractivity contribution in [3.63, 3.8) is 0 Å².